The minimum atomic E-state index is -3.20. The maximum atomic E-state index is 12.6. The molecule has 0 heterocycles. The number of aliphatic carboxylic acids is 1. The van der Waals surface area contributed by atoms with E-state index in [9.17, 15) is 18.4 Å². The molecular weight excluding hydrogens is 442 g/mol. The lowest BCUT2D eigenvalue weighted by molar-refractivity contribution is -0.138. The van der Waals surface area contributed by atoms with Gasteiger partial charge in [0.1, 0.15) is 0 Å². The Hall–Kier alpha value is -1.60. The van der Waals surface area contributed by atoms with Gasteiger partial charge in [0, 0.05) is 19.4 Å². The van der Waals surface area contributed by atoms with Gasteiger partial charge in [-0.05, 0) is 52.0 Å². The number of ketones is 1. The summed E-state index contributed by atoms with van der Waals surface area (Å²) in [6.45, 7) is 17.1. The van der Waals surface area contributed by atoms with Gasteiger partial charge in [0.15, 0.2) is 6.29 Å². The van der Waals surface area contributed by atoms with Crippen molar-refractivity contribution in [2.75, 3.05) is 6.61 Å². The highest BCUT2D eigenvalue weighted by molar-refractivity contribution is 5.95. The van der Waals surface area contributed by atoms with Gasteiger partial charge in [-0.3, -0.25) is 9.59 Å². The molecule has 0 spiro atoms. The molecule has 0 aliphatic heterocycles. The Labute approximate surface area is 207 Å². The van der Waals surface area contributed by atoms with Crippen LogP contribution in [-0.4, -0.2) is 40.8 Å². The average molecular weight is 495 g/mol. The van der Waals surface area contributed by atoms with Gasteiger partial charge in [-0.2, -0.15) is 8.78 Å². The van der Waals surface area contributed by atoms with Crippen molar-refractivity contribution in [1.29, 1.82) is 0 Å². The number of ether oxygens (including phenoxy) is 1. The van der Waals surface area contributed by atoms with Gasteiger partial charge in [-0.15, -0.1) is 0 Å². The Morgan fingerprint density at radius 3 is 1.97 bits per heavy atom. The van der Waals surface area contributed by atoms with Gasteiger partial charge in [0.2, 0.25) is 5.78 Å². The van der Waals surface area contributed by atoms with Crippen LogP contribution in [0.15, 0.2) is 24.8 Å². The molecular formula is C27H52F2O5. The van der Waals surface area contributed by atoms with Crippen molar-refractivity contribution in [1.82, 2.24) is 0 Å². The molecule has 1 saturated carbocycles. The molecule has 1 aliphatic rings. The summed E-state index contributed by atoms with van der Waals surface area (Å²) in [5.41, 5.74) is 0. The fourth-order valence-electron chi connectivity index (χ4n) is 2.58. The highest BCUT2D eigenvalue weighted by Gasteiger charge is 2.34. The summed E-state index contributed by atoms with van der Waals surface area (Å²) >= 11 is 0. The van der Waals surface area contributed by atoms with E-state index < -0.39 is 24.0 Å². The van der Waals surface area contributed by atoms with Crippen LogP contribution in [0.5, 0.6) is 0 Å². The number of alkyl halides is 2. The molecule has 1 fully saturated rings. The van der Waals surface area contributed by atoms with Gasteiger partial charge in [0.05, 0.1) is 0 Å². The lowest BCUT2D eigenvalue weighted by Crippen LogP contribution is -2.26. The van der Waals surface area contributed by atoms with Crippen molar-refractivity contribution in [3.63, 3.8) is 0 Å². The largest absolute Gasteiger partial charge is 0.481 e. The number of hydrogen-bond acceptors (Lipinski definition) is 4. The second-order valence-electron chi connectivity index (χ2n) is 7.68. The molecule has 2 N–H and O–H groups in total. The summed E-state index contributed by atoms with van der Waals surface area (Å²) in [7, 11) is 0. The van der Waals surface area contributed by atoms with Gasteiger partial charge >= 0.3 is 11.9 Å². The molecule has 34 heavy (non-hydrogen) atoms. The van der Waals surface area contributed by atoms with Gasteiger partial charge in [-0.25, -0.2) is 0 Å². The molecule has 0 bridgehead atoms. The number of aliphatic hydroxyl groups is 1. The minimum Gasteiger partial charge on any atom is -0.481 e. The molecule has 5 nitrogen and oxygen atoms in total. The van der Waals surface area contributed by atoms with Crippen LogP contribution in [0.3, 0.4) is 0 Å². The number of unbranched alkanes of at least 4 members (excludes halogenated alkanes) is 2. The Balaban J connectivity index is -0.000000177. The second-order valence-corrected chi connectivity index (χ2v) is 7.68. The first-order chi connectivity index (χ1) is 16.0. The van der Waals surface area contributed by atoms with E-state index in [1.807, 2.05) is 39.8 Å². The zero-order chi connectivity index (χ0) is 27.4. The summed E-state index contributed by atoms with van der Waals surface area (Å²) in [5, 5.41) is 16.5. The van der Waals surface area contributed by atoms with E-state index in [4.69, 9.17) is 10.2 Å². The average Bonchev–Trinajstić information content (AvgIpc) is 3.28. The summed E-state index contributed by atoms with van der Waals surface area (Å²) in [4.78, 5) is 20.4. The number of carbonyl (C=O) groups is 2. The van der Waals surface area contributed by atoms with Crippen molar-refractivity contribution in [3.05, 3.63) is 24.8 Å². The fourth-order valence-corrected chi connectivity index (χ4v) is 2.58. The summed E-state index contributed by atoms with van der Waals surface area (Å²) < 4.78 is 29.8. The van der Waals surface area contributed by atoms with Crippen molar-refractivity contribution in [2.24, 2.45) is 5.92 Å². The van der Waals surface area contributed by atoms with Gasteiger partial charge < -0.3 is 14.9 Å². The molecule has 1 aliphatic carbocycles. The number of aliphatic hydroxyl groups excluding tert-OH is 1. The van der Waals surface area contributed by atoms with E-state index in [0.717, 1.165) is 18.8 Å². The lowest BCUT2D eigenvalue weighted by atomic mass is 10.1. The molecule has 0 aromatic rings. The zero-order valence-corrected chi connectivity index (χ0v) is 22.7. The zero-order valence-electron chi connectivity index (χ0n) is 22.7. The highest BCUT2D eigenvalue weighted by Crippen LogP contribution is 2.23. The molecule has 204 valence electrons. The van der Waals surface area contributed by atoms with Crippen LogP contribution < -0.4 is 0 Å². The SMILES string of the molecule is C/C=C\CCCC(=O)O.C=CC(=O)C(F)(F)CCCC.CC.CC1CCCC1.CCOC(C)O. The first-order valence-electron chi connectivity index (χ1n) is 12.7. The smallest absolute Gasteiger partial charge is 0.309 e. The van der Waals surface area contributed by atoms with Crippen LogP contribution in [0, 0.1) is 5.92 Å². The third-order valence-corrected chi connectivity index (χ3v) is 4.44. The van der Waals surface area contributed by atoms with Crippen LogP contribution >= 0.6 is 0 Å². The first kappa shape index (κ1) is 39.6. The van der Waals surface area contributed by atoms with Crippen molar-refractivity contribution in [3.8, 4) is 0 Å². The standard InChI is InChI=1S/C8H12F2O.C7H12O2.C6H12.C4H10O2.C2H6/c1-3-5-6-8(9,10)7(11)4-2;1-2-3-4-5-6-7(8)9;1-6-4-2-3-5-6;1-3-6-4(2)5;1-2/h4H,2-3,5-6H2,1H3;2-3H,4-6H2,1H3,(H,8,9);6H,2-5H2,1H3;4-5H,3H2,1-2H3;1-2H3/b;3-2-;;;. The molecule has 1 atom stereocenters. The van der Waals surface area contributed by atoms with E-state index in [2.05, 4.69) is 18.2 Å². The van der Waals surface area contributed by atoms with Crippen LogP contribution in [-0.2, 0) is 14.3 Å². The number of allylic oxidation sites excluding steroid dienone is 3. The molecule has 1 unspecified atom stereocenters. The molecule has 0 radical (unpaired) electrons. The van der Waals surface area contributed by atoms with Gasteiger partial charge in [0.25, 0.3) is 0 Å². The van der Waals surface area contributed by atoms with E-state index >= 15 is 0 Å². The Morgan fingerprint density at radius 2 is 1.71 bits per heavy atom. The lowest BCUT2D eigenvalue weighted by Gasteiger charge is -2.10. The Morgan fingerprint density at radius 1 is 1.18 bits per heavy atom. The predicted molar refractivity (Wildman–Crippen MR) is 138 cm³/mol. The van der Waals surface area contributed by atoms with Crippen molar-refractivity contribution in [2.45, 2.75) is 125 Å². The van der Waals surface area contributed by atoms with E-state index in [1.165, 1.54) is 25.7 Å². The normalized spacial score (nSPS) is 13.6. The highest BCUT2D eigenvalue weighted by atomic mass is 19.3. The fraction of sp³-hybridized carbons (Fsp3) is 0.778. The van der Waals surface area contributed by atoms with E-state index in [-0.39, 0.29) is 12.8 Å². The summed E-state index contributed by atoms with van der Waals surface area (Å²) in [5.74, 6) is -4.03. The maximum absolute atomic E-state index is 12.6. The third-order valence-electron chi connectivity index (χ3n) is 4.44. The van der Waals surface area contributed by atoms with Gasteiger partial charge in [-0.1, -0.05) is 78.5 Å². The summed E-state index contributed by atoms with van der Waals surface area (Å²) in [6, 6.07) is 0. The van der Waals surface area contributed by atoms with Crippen LogP contribution in [0.2, 0.25) is 0 Å². The number of halogens is 2. The topological polar surface area (TPSA) is 83.8 Å². The molecule has 1 rings (SSSR count). The first-order valence-corrected chi connectivity index (χ1v) is 12.7. The number of rotatable bonds is 11. The molecule has 0 saturated heterocycles. The number of carboxylic acids is 1. The molecule has 0 aromatic carbocycles. The van der Waals surface area contributed by atoms with Crippen molar-refractivity contribution >= 4 is 11.8 Å². The van der Waals surface area contributed by atoms with Crippen molar-refractivity contribution < 1.29 is 33.3 Å². The number of hydrogen-bond donors (Lipinski definition) is 2. The molecule has 7 heteroatoms. The van der Waals surface area contributed by atoms with E-state index in [0.29, 0.717) is 25.5 Å². The van der Waals surface area contributed by atoms with E-state index in [1.54, 1.807) is 13.8 Å². The third kappa shape index (κ3) is 35.0. The van der Waals surface area contributed by atoms with Crippen LogP contribution in [0.1, 0.15) is 113 Å². The maximum Gasteiger partial charge on any atom is 0.309 e. The number of carbonyl (C=O) groups excluding carboxylic acids is 1. The second kappa shape index (κ2) is 29.4. The Bertz CT molecular complexity index is 485. The quantitative estimate of drug-likeness (QED) is 0.132. The monoisotopic (exact) mass is 494 g/mol. The minimum absolute atomic E-state index is 0.282. The Kier molecular flexibility index (Phi) is 34.3. The summed E-state index contributed by atoms with van der Waals surface area (Å²) in [6.07, 6.45) is 12.5. The van der Waals surface area contributed by atoms with Crippen LogP contribution in [0.4, 0.5) is 8.78 Å². The molecule has 0 aromatic heterocycles. The molecule has 0 amide bonds. The predicted octanol–water partition coefficient (Wildman–Crippen LogP) is 7.97. The number of carboxylic acid groups (broad SMARTS) is 1. The van der Waals surface area contributed by atoms with Crippen LogP contribution in [0.25, 0.3) is 0 Å².